The molecule has 1 aliphatic heterocycles. The molecule has 0 spiro atoms. The number of rotatable bonds is 3. The Morgan fingerprint density at radius 3 is 2.62 bits per heavy atom. The van der Waals surface area contributed by atoms with Crippen LogP contribution in [0.2, 0.25) is 0 Å². The van der Waals surface area contributed by atoms with E-state index in [9.17, 15) is 12.8 Å². The highest BCUT2D eigenvalue weighted by Crippen LogP contribution is 2.26. The topological polar surface area (TPSA) is 66.6 Å². The number of nitrogens with zero attached hydrogens (tertiary/aromatic N) is 2. The molecule has 2 N–H and O–H groups in total. The molecule has 2 rings (SSSR count). The lowest BCUT2D eigenvalue weighted by molar-refractivity contribution is 0.170. The molecular formula is C14H22FN3O2S. The van der Waals surface area contributed by atoms with E-state index in [1.54, 1.807) is 0 Å². The molecule has 21 heavy (non-hydrogen) atoms. The van der Waals surface area contributed by atoms with Crippen molar-refractivity contribution in [3.05, 3.63) is 29.1 Å². The zero-order valence-corrected chi connectivity index (χ0v) is 13.5. The minimum absolute atomic E-state index is 0.0272. The zero-order chi connectivity index (χ0) is 15.8. The predicted octanol–water partition coefficient (Wildman–Crippen LogP) is 0.917. The maximum absolute atomic E-state index is 13.9. The first-order valence-electron chi connectivity index (χ1n) is 6.97. The average molecular weight is 315 g/mol. The van der Waals surface area contributed by atoms with Crippen LogP contribution in [0.4, 0.5) is 4.39 Å². The number of halogens is 1. The van der Waals surface area contributed by atoms with Crippen LogP contribution >= 0.6 is 0 Å². The van der Waals surface area contributed by atoms with Crippen molar-refractivity contribution in [3.63, 3.8) is 0 Å². The minimum Gasteiger partial charge on any atom is -0.326 e. The van der Waals surface area contributed by atoms with Gasteiger partial charge in [0.05, 0.1) is 4.90 Å². The fourth-order valence-electron chi connectivity index (χ4n) is 2.70. The summed E-state index contributed by atoms with van der Waals surface area (Å²) in [5.41, 5.74) is 6.16. The van der Waals surface area contributed by atoms with E-state index in [4.69, 9.17) is 5.73 Å². The second kappa shape index (κ2) is 6.00. The second-order valence-electron chi connectivity index (χ2n) is 5.63. The third kappa shape index (κ3) is 3.11. The Morgan fingerprint density at radius 1 is 1.38 bits per heavy atom. The van der Waals surface area contributed by atoms with Crippen LogP contribution in [-0.2, 0) is 16.6 Å². The molecule has 0 aromatic heterocycles. The molecule has 5 nitrogen and oxygen atoms in total. The molecule has 1 aliphatic rings. The summed E-state index contributed by atoms with van der Waals surface area (Å²) in [6.07, 6.45) is 0. The summed E-state index contributed by atoms with van der Waals surface area (Å²) in [6.45, 7) is 5.21. The first kappa shape index (κ1) is 16.4. The number of hydrogen-bond acceptors (Lipinski definition) is 4. The molecule has 7 heteroatoms. The minimum atomic E-state index is -3.71. The van der Waals surface area contributed by atoms with Crippen molar-refractivity contribution in [2.75, 3.05) is 26.7 Å². The Bertz CT molecular complexity index is 633. The molecule has 1 fully saturated rings. The van der Waals surface area contributed by atoms with Gasteiger partial charge < -0.3 is 10.6 Å². The van der Waals surface area contributed by atoms with Crippen molar-refractivity contribution < 1.29 is 12.8 Å². The maximum atomic E-state index is 13.9. The monoisotopic (exact) mass is 315 g/mol. The summed E-state index contributed by atoms with van der Waals surface area (Å²) in [7, 11) is -1.75. The van der Waals surface area contributed by atoms with Gasteiger partial charge in [0.25, 0.3) is 0 Å². The smallest absolute Gasteiger partial charge is 0.243 e. The summed E-state index contributed by atoms with van der Waals surface area (Å²) in [5, 5.41) is 0. The number of piperazine rings is 1. The number of likely N-dealkylation sites (N-methyl/N-ethyl adjacent to an activating group) is 1. The van der Waals surface area contributed by atoms with E-state index in [0.29, 0.717) is 25.2 Å². The number of nitrogens with two attached hydrogens (primary N) is 1. The van der Waals surface area contributed by atoms with Crippen LogP contribution in [0.15, 0.2) is 17.0 Å². The third-order valence-corrected chi connectivity index (χ3v) is 6.09. The van der Waals surface area contributed by atoms with E-state index < -0.39 is 15.8 Å². The van der Waals surface area contributed by atoms with Gasteiger partial charge in [-0.2, -0.15) is 4.31 Å². The molecule has 0 aliphatic carbocycles. The average Bonchev–Trinajstić information content (AvgIpc) is 2.40. The third-order valence-electron chi connectivity index (χ3n) is 3.95. The van der Waals surface area contributed by atoms with Crippen molar-refractivity contribution in [1.82, 2.24) is 9.21 Å². The highest BCUT2D eigenvalue weighted by Gasteiger charge is 2.34. The van der Waals surface area contributed by atoms with Gasteiger partial charge in [-0.1, -0.05) is 0 Å². The van der Waals surface area contributed by atoms with Crippen LogP contribution < -0.4 is 5.73 Å². The normalized spacial score (nSPS) is 21.7. The summed E-state index contributed by atoms with van der Waals surface area (Å²) < 4.78 is 41.1. The Balaban J connectivity index is 2.47. The molecule has 0 saturated carbocycles. The molecule has 1 saturated heterocycles. The Labute approximate surface area is 125 Å². The van der Waals surface area contributed by atoms with Crippen LogP contribution in [0.3, 0.4) is 0 Å². The van der Waals surface area contributed by atoms with Crippen LogP contribution in [0.25, 0.3) is 0 Å². The van der Waals surface area contributed by atoms with Gasteiger partial charge in [0, 0.05) is 37.8 Å². The molecule has 1 atom stereocenters. The number of sulfonamides is 1. The van der Waals surface area contributed by atoms with Gasteiger partial charge in [0.1, 0.15) is 5.82 Å². The van der Waals surface area contributed by atoms with Crippen molar-refractivity contribution >= 4 is 10.0 Å². The Hall–Kier alpha value is -1.02. The fraction of sp³-hybridized carbons (Fsp3) is 0.571. The van der Waals surface area contributed by atoms with Crippen molar-refractivity contribution in [3.8, 4) is 0 Å². The molecule has 1 aromatic carbocycles. The first-order chi connectivity index (χ1) is 9.77. The molecule has 118 valence electrons. The van der Waals surface area contributed by atoms with Crippen LogP contribution in [-0.4, -0.2) is 50.3 Å². The van der Waals surface area contributed by atoms with Crippen LogP contribution in [0.1, 0.15) is 18.1 Å². The standard InChI is InChI=1S/C14H22FN3O2S/c1-10-9-17(3)4-5-18(10)21(19,20)14-7-12(8-16)6-13(15)11(14)2/h6-7,10H,4-5,8-9,16H2,1-3H3. The van der Waals surface area contributed by atoms with Crippen molar-refractivity contribution in [1.29, 1.82) is 0 Å². The number of hydrogen-bond donors (Lipinski definition) is 1. The molecular weight excluding hydrogens is 293 g/mol. The molecule has 1 aromatic rings. The Morgan fingerprint density at radius 2 is 2.05 bits per heavy atom. The highest BCUT2D eigenvalue weighted by atomic mass is 32.2. The van der Waals surface area contributed by atoms with E-state index in [2.05, 4.69) is 4.90 Å². The van der Waals surface area contributed by atoms with Gasteiger partial charge in [-0.25, -0.2) is 12.8 Å². The largest absolute Gasteiger partial charge is 0.326 e. The maximum Gasteiger partial charge on any atom is 0.243 e. The first-order valence-corrected chi connectivity index (χ1v) is 8.41. The zero-order valence-electron chi connectivity index (χ0n) is 12.6. The van der Waals surface area contributed by atoms with E-state index in [-0.39, 0.29) is 23.0 Å². The lowest BCUT2D eigenvalue weighted by Gasteiger charge is -2.37. The van der Waals surface area contributed by atoms with Gasteiger partial charge in [0.15, 0.2) is 0 Å². The highest BCUT2D eigenvalue weighted by molar-refractivity contribution is 7.89. The van der Waals surface area contributed by atoms with Gasteiger partial charge in [0.2, 0.25) is 10.0 Å². The van der Waals surface area contributed by atoms with Gasteiger partial charge >= 0.3 is 0 Å². The molecule has 0 radical (unpaired) electrons. The molecule has 0 bridgehead atoms. The lowest BCUT2D eigenvalue weighted by atomic mass is 10.1. The Kier molecular flexibility index (Phi) is 4.67. The van der Waals surface area contributed by atoms with E-state index in [0.717, 1.165) is 0 Å². The SMILES string of the molecule is Cc1c(F)cc(CN)cc1S(=O)(=O)N1CCN(C)CC1C. The summed E-state index contributed by atoms with van der Waals surface area (Å²) >= 11 is 0. The van der Waals surface area contributed by atoms with Crippen LogP contribution in [0, 0.1) is 12.7 Å². The van der Waals surface area contributed by atoms with Gasteiger partial charge in [-0.3, -0.25) is 0 Å². The molecule has 1 heterocycles. The fourth-order valence-corrected chi connectivity index (χ4v) is 4.60. The lowest BCUT2D eigenvalue weighted by Crippen LogP contribution is -2.52. The van der Waals surface area contributed by atoms with Gasteiger partial charge in [-0.05, 0) is 38.6 Å². The van der Waals surface area contributed by atoms with E-state index in [1.165, 1.54) is 23.4 Å². The van der Waals surface area contributed by atoms with Crippen molar-refractivity contribution in [2.45, 2.75) is 31.3 Å². The predicted molar refractivity (Wildman–Crippen MR) is 79.9 cm³/mol. The van der Waals surface area contributed by atoms with E-state index in [1.807, 2.05) is 14.0 Å². The molecule has 1 unspecified atom stereocenters. The summed E-state index contributed by atoms with van der Waals surface area (Å²) in [5.74, 6) is -0.529. The van der Waals surface area contributed by atoms with Crippen molar-refractivity contribution in [2.24, 2.45) is 5.73 Å². The van der Waals surface area contributed by atoms with Crippen LogP contribution in [0.5, 0.6) is 0 Å². The number of benzene rings is 1. The summed E-state index contributed by atoms with van der Waals surface area (Å²) in [4.78, 5) is 2.11. The van der Waals surface area contributed by atoms with Gasteiger partial charge in [-0.15, -0.1) is 0 Å². The van der Waals surface area contributed by atoms with E-state index >= 15 is 0 Å². The summed E-state index contributed by atoms with van der Waals surface area (Å²) in [6, 6.07) is 2.64. The quantitative estimate of drug-likeness (QED) is 0.901. The molecule has 0 amide bonds. The second-order valence-corrected chi connectivity index (χ2v) is 7.49.